The van der Waals surface area contributed by atoms with Crippen molar-refractivity contribution in [1.29, 1.82) is 5.26 Å². The minimum Gasteiger partial charge on any atom is -0.311 e. The van der Waals surface area contributed by atoms with Crippen LogP contribution in [-0.4, -0.2) is 21.5 Å². The average molecular weight is 245 g/mol. The maximum absolute atomic E-state index is 13.4. The van der Waals surface area contributed by atoms with Gasteiger partial charge in [0.05, 0.1) is 24.4 Å². The van der Waals surface area contributed by atoms with Crippen LogP contribution in [-0.2, 0) is 13.1 Å². The van der Waals surface area contributed by atoms with Crippen molar-refractivity contribution in [3.63, 3.8) is 0 Å². The fourth-order valence-corrected chi connectivity index (χ4v) is 1.55. The molecule has 0 saturated carbocycles. The van der Waals surface area contributed by atoms with Crippen LogP contribution in [0.15, 0.2) is 30.6 Å². The number of rotatable bonds is 5. The Hall–Kier alpha value is -2.26. The third kappa shape index (κ3) is 3.12. The van der Waals surface area contributed by atoms with E-state index in [0.717, 1.165) is 0 Å². The topological polar surface area (TPSA) is 66.5 Å². The number of nitrogens with zero attached hydrogens (tertiary/aromatic N) is 4. The first-order valence-corrected chi connectivity index (χ1v) is 5.53. The summed E-state index contributed by atoms with van der Waals surface area (Å²) in [6.07, 6.45) is 3.37. The predicted octanol–water partition coefficient (Wildman–Crippen LogP) is 1.08. The first-order valence-electron chi connectivity index (χ1n) is 5.53. The van der Waals surface area contributed by atoms with Gasteiger partial charge in [-0.3, -0.25) is 4.68 Å². The lowest BCUT2D eigenvalue weighted by Crippen LogP contribution is -2.20. The molecular weight excluding hydrogens is 233 g/mol. The Morgan fingerprint density at radius 1 is 1.44 bits per heavy atom. The van der Waals surface area contributed by atoms with Crippen molar-refractivity contribution < 1.29 is 4.39 Å². The lowest BCUT2D eigenvalue weighted by molar-refractivity contribution is 0.529. The number of aromatic nitrogens is 3. The SMILES string of the molecule is N#Cc1ccc(F)c(CNCCn2ccnn2)c1. The van der Waals surface area contributed by atoms with Crippen molar-refractivity contribution in [3.8, 4) is 6.07 Å². The number of nitrogens with one attached hydrogen (secondary N) is 1. The van der Waals surface area contributed by atoms with Crippen LogP contribution < -0.4 is 5.32 Å². The Morgan fingerprint density at radius 3 is 3.06 bits per heavy atom. The maximum Gasteiger partial charge on any atom is 0.127 e. The summed E-state index contributed by atoms with van der Waals surface area (Å²) in [7, 11) is 0. The van der Waals surface area contributed by atoms with Gasteiger partial charge in [0.1, 0.15) is 5.82 Å². The number of hydrogen-bond acceptors (Lipinski definition) is 4. The quantitative estimate of drug-likeness (QED) is 0.800. The van der Waals surface area contributed by atoms with Crippen LogP contribution in [0.2, 0.25) is 0 Å². The normalized spacial score (nSPS) is 10.2. The van der Waals surface area contributed by atoms with Gasteiger partial charge in [-0.2, -0.15) is 5.26 Å². The van der Waals surface area contributed by atoms with E-state index in [4.69, 9.17) is 5.26 Å². The summed E-state index contributed by atoms with van der Waals surface area (Å²) < 4.78 is 15.1. The molecule has 1 aromatic carbocycles. The molecule has 6 heteroatoms. The van der Waals surface area contributed by atoms with Crippen molar-refractivity contribution in [2.24, 2.45) is 0 Å². The average Bonchev–Trinajstić information content (AvgIpc) is 2.89. The first-order chi connectivity index (χ1) is 8.79. The largest absolute Gasteiger partial charge is 0.311 e. The second kappa shape index (κ2) is 5.89. The summed E-state index contributed by atoms with van der Waals surface area (Å²) in [5.41, 5.74) is 0.956. The second-order valence-corrected chi connectivity index (χ2v) is 3.76. The molecule has 0 saturated heterocycles. The van der Waals surface area contributed by atoms with Gasteiger partial charge in [0, 0.05) is 24.8 Å². The lowest BCUT2D eigenvalue weighted by Gasteiger charge is -2.06. The standard InChI is InChI=1S/C12H12FN5/c13-12-2-1-10(8-14)7-11(12)9-15-3-5-18-6-4-16-17-18/h1-2,4,6-7,15H,3,5,9H2. The minimum atomic E-state index is -0.303. The third-order valence-electron chi connectivity index (χ3n) is 2.48. The zero-order chi connectivity index (χ0) is 12.8. The number of benzene rings is 1. The predicted molar refractivity (Wildman–Crippen MR) is 62.8 cm³/mol. The molecule has 0 aliphatic rings. The van der Waals surface area contributed by atoms with Crippen molar-refractivity contribution in [2.75, 3.05) is 6.54 Å². The molecule has 18 heavy (non-hydrogen) atoms. The van der Waals surface area contributed by atoms with Gasteiger partial charge in [0.2, 0.25) is 0 Å². The number of hydrogen-bond donors (Lipinski definition) is 1. The molecule has 0 bridgehead atoms. The van der Waals surface area contributed by atoms with Crippen molar-refractivity contribution in [2.45, 2.75) is 13.1 Å². The van der Waals surface area contributed by atoms with Gasteiger partial charge >= 0.3 is 0 Å². The van der Waals surface area contributed by atoms with E-state index in [1.54, 1.807) is 23.1 Å². The second-order valence-electron chi connectivity index (χ2n) is 3.76. The molecule has 2 rings (SSSR count). The van der Waals surface area contributed by atoms with Crippen LogP contribution in [0, 0.1) is 17.1 Å². The molecule has 1 aromatic heterocycles. The van der Waals surface area contributed by atoms with E-state index >= 15 is 0 Å². The van der Waals surface area contributed by atoms with Gasteiger partial charge in [0.25, 0.3) is 0 Å². The van der Waals surface area contributed by atoms with Crippen molar-refractivity contribution in [1.82, 2.24) is 20.3 Å². The highest BCUT2D eigenvalue weighted by atomic mass is 19.1. The first kappa shape index (κ1) is 12.2. The monoisotopic (exact) mass is 245 g/mol. The van der Waals surface area contributed by atoms with Crippen molar-refractivity contribution in [3.05, 3.63) is 47.5 Å². The van der Waals surface area contributed by atoms with Gasteiger partial charge in [-0.05, 0) is 18.2 Å². The molecule has 1 N–H and O–H groups in total. The van der Waals surface area contributed by atoms with E-state index in [2.05, 4.69) is 15.6 Å². The molecule has 0 radical (unpaired) electrons. The smallest absolute Gasteiger partial charge is 0.127 e. The third-order valence-corrected chi connectivity index (χ3v) is 2.48. The molecule has 1 heterocycles. The molecule has 0 amide bonds. The lowest BCUT2D eigenvalue weighted by atomic mass is 10.1. The van der Waals surface area contributed by atoms with E-state index in [0.29, 0.717) is 30.8 Å². The van der Waals surface area contributed by atoms with Crippen LogP contribution in [0.1, 0.15) is 11.1 Å². The summed E-state index contributed by atoms with van der Waals surface area (Å²) in [6, 6.07) is 6.32. The van der Waals surface area contributed by atoms with Crippen LogP contribution in [0.5, 0.6) is 0 Å². The maximum atomic E-state index is 13.4. The van der Waals surface area contributed by atoms with Gasteiger partial charge in [-0.15, -0.1) is 5.10 Å². The fourth-order valence-electron chi connectivity index (χ4n) is 1.55. The number of halogens is 1. The summed E-state index contributed by atoms with van der Waals surface area (Å²) in [4.78, 5) is 0. The van der Waals surface area contributed by atoms with Gasteiger partial charge < -0.3 is 5.32 Å². The zero-order valence-electron chi connectivity index (χ0n) is 9.67. The molecule has 0 aliphatic carbocycles. The van der Waals surface area contributed by atoms with Gasteiger partial charge in [0.15, 0.2) is 0 Å². The zero-order valence-corrected chi connectivity index (χ0v) is 9.67. The Balaban J connectivity index is 1.85. The highest BCUT2D eigenvalue weighted by Gasteiger charge is 2.03. The van der Waals surface area contributed by atoms with Crippen LogP contribution in [0.3, 0.4) is 0 Å². The fraction of sp³-hybridized carbons (Fsp3) is 0.250. The minimum absolute atomic E-state index is 0.303. The Bertz CT molecular complexity index is 544. The van der Waals surface area contributed by atoms with Crippen LogP contribution in [0.4, 0.5) is 4.39 Å². The van der Waals surface area contributed by atoms with E-state index in [-0.39, 0.29) is 5.82 Å². The molecule has 0 unspecified atom stereocenters. The summed E-state index contributed by atoms with van der Waals surface area (Å²) >= 11 is 0. The molecule has 92 valence electrons. The van der Waals surface area contributed by atoms with E-state index in [1.165, 1.54) is 12.1 Å². The highest BCUT2D eigenvalue weighted by molar-refractivity contribution is 5.33. The molecule has 2 aromatic rings. The Kier molecular flexibility index (Phi) is 3.99. The molecular formula is C12H12FN5. The molecule has 0 fully saturated rings. The van der Waals surface area contributed by atoms with Crippen molar-refractivity contribution >= 4 is 0 Å². The molecule has 0 aliphatic heterocycles. The highest BCUT2D eigenvalue weighted by Crippen LogP contribution is 2.09. The van der Waals surface area contributed by atoms with Gasteiger partial charge in [-0.1, -0.05) is 5.21 Å². The summed E-state index contributed by atoms with van der Waals surface area (Å²) in [5, 5.41) is 19.3. The van der Waals surface area contributed by atoms with E-state index in [1.807, 2.05) is 6.07 Å². The van der Waals surface area contributed by atoms with Gasteiger partial charge in [-0.25, -0.2) is 4.39 Å². The summed E-state index contributed by atoms with van der Waals surface area (Å²) in [5.74, 6) is -0.303. The Morgan fingerprint density at radius 2 is 2.33 bits per heavy atom. The Labute approximate surface area is 104 Å². The van der Waals surface area contributed by atoms with E-state index in [9.17, 15) is 4.39 Å². The molecule has 0 atom stereocenters. The summed E-state index contributed by atoms with van der Waals surface area (Å²) in [6.45, 7) is 1.70. The van der Waals surface area contributed by atoms with Crippen LogP contribution >= 0.6 is 0 Å². The number of nitriles is 1. The molecule has 5 nitrogen and oxygen atoms in total. The van der Waals surface area contributed by atoms with E-state index < -0.39 is 0 Å². The molecule has 0 spiro atoms. The van der Waals surface area contributed by atoms with Crippen LogP contribution in [0.25, 0.3) is 0 Å².